The van der Waals surface area contributed by atoms with E-state index in [-0.39, 0.29) is 11.7 Å². The first-order chi connectivity index (χ1) is 5.94. The van der Waals surface area contributed by atoms with Crippen LogP contribution in [0.1, 0.15) is 26.3 Å². The van der Waals surface area contributed by atoms with Crippen molar-refractivity contribution in [2.75, 3.05) is 0 Å². The van der Waals surface area contributed by atoms with Gasteiger partial charge in [0.25, 0.3) is 0 Å². The minimum atomic E-state index is -0.956. The number of rotatable bonds is 2. The van der Waals surface area contributed by atoms with E-state index in [0.717, 1.165) is 0 Å². The molecule has 1 atom stereocenters. The smallest absolute Gasteiger partial charge is 0.123 e. The Balaban J connectivity index is 3.07. The van der Waals surface area contributed by atoms with E-state index in [9.17, 15) is 9.50 Å². The third kappa shape index (κ3) is 2.07. The molecule has 1 aromatic carbocycles. The summed E-state index contributed by atoms with van der Waals surface area (Å²) in [5.41, 5.74) is -0.329. The second-order valence-electron chi connectivity index (χ2n) is 3.81. The Morgan fingerprint density at radius 1 is 1.38 bits per heavy atom. The average molecular weight is 182 g/mol. The minimum Gasteiger partial charge on any atom is -0.385 e. The lowest BCUT2D eigenvalue weighted by Crippen LogP contribution is -2.27. The van der Waals surface area contributed by atoms with Crippen molar-refractivity contribution in [1.29, 1.82) is 0 Å². The van der Waals surface area contributed by atoms with Crippen molar-refractivity contribution in [3.05, 3.63) is 35.6 Å². The number of aliphatic hydroxyl groups is 1. The largest absolute Gasteiger partial charge is 0.385 e. The fourth-order valence-electron chi connectivity index (χ4n) is 1.14. The normalized spacial score (nSPS) is 15.8. The van der Waals surface area contributed by atoms with E-state index in [0.29, 0.717) is 5.56 Å². The molecule has 0 bridgehead atoms. The van der Waals surface area contributed by atoms with E-state index in [1.807, 2.05) is 13.8 Å². The second kappa shape index (κ2) is 3.46. The zero-order chi connectivity index (χ0) is 10.1. The maximum absolute atomic E-state index is 12.8. The van der Waals surface area contributed by atoms with Crippen molar-refractivity contribution in [1.82, 2.24) is 0 Å². The Morgan fingerprint density at radius 2 is 2.00 bits per heavy atom. The molecule has 0 aliphatic heterocycles. The molecule has 0 radical (unpaired) electrons. The number of hydrogen-bond acceptors (Lipinski definition) is 1. The van der Waals surface area contributed by atoms with E-state index >= 15 is 0 Å². The molecular weight excluding hydrogens is 167 g/mol. The summed E-state index contributed by atoms with van der Waals surface area (Å²) in [5, 5.41) is 10.0. The summed E-state index contributed by atoms with van der Waals surface area (Å²) in [6, 6.07) is 6.10. The molecule has 72 valence electrons. The Bertz CT molecular complexity index is 292. The fourth-order valence-corrected chi connectivity index (χ4v) is 1.14. The maximum atomic E-state index is 12.8. The van der Waals surface area contributed by atoms with E-state index in [4.69, 9.17) is 0 Å². The lowest BCUT2D eigenvalue weighted by Gasteiger charge is -2.28. The molecule has 1 nitrogen and oxygen atoms in total. The molecule has 0 aliphatic rings. The van der Waals surface area contributed by atoms with Gasteiger partial charge >= 0.3 is 0 Å². The van der Waals surface area contributed by atoms with Gasteiger partial charge in [-0.25, -0.2) is 4.39 Å². The number of halogens is 1. The molecule has 13 heavy (non-hydrogen) atoms. The first-order valence-corrected chi connectivity index (χ1v) is 4.43. The van der Waals surface area contributed by atoms with Gasteiger partial charge < -0.3 is 5.11 Å². The van der Waals surface area contributed by atoms with Gasteiger partial charge in [0.1, 0.15) is 5.82 Å². The van der Waals surface area contributed by atoms with Gasteiger partial charge in [0, 0.05) is 0 Å². The lowest BCUT2D eigenvalue weighted by molar-refractivity contribution is 0.00878. The van der Waals surface area contributed by atoms with Crippen molar-refractivity contribution in [2.24, 2.45) is 5.92 Å². The zero-order valence-electron chi connectivity index (χ0n) is 8.21. The van der Waals surface area contributed by atoms with Crippen LogP contribution in [0.5, 0.6) is 0 Å². The van der Waals surface area contributed by atoms with E-state index in [2.05, 4.69) is 0 Å². The topological polar surface area (TPSA) is 20.2 Å². The summed E-state index contributed by atoms with van der Waals surface area (Å²) in [4.78, 5) is 0. The molecule has 0 aromatic heterocycles. The van der Waals surface area contributed by atoms with Crippen molar-refractivity contribution in [3.63, 3.8) is 0 Å². The first-order valence-electron chi connectivity index (χ1n) is 4.43. The van der Waals surface area contributed by atoms with Gasteiger partial charge in [-0.2, -0.15) is 0 Å². The molecule has 0 amide bonds. The van der Waals surface area contributed by atoms with Crippen LogP contribution in [0.3, 0.4) is 0 Å². The Morgan fingerprint density at radius 3 is 2.46 bits per heavy atom. The van der Waals surface area contributed by atoms with Crippen LogP contribution in [0.2, 0.25) is 0 Å². The molecule has 1 N–H and O–H groups in total. The van der Waals surface area contributed by atoms with Crippen LogP contribution in [0.4, 0.5) is 4.39 Å². The monoisotopic (exact) mass is 182 g/mol. The van der Waals surface area contributed by atoms with E-state index in [1.165, 1.54) is 12.1 Å². The summed E-state index contributed by atoms with van der Waals surface area (Å²) < 4.78 is 12.8. The lowest BCUT2D eigenvalue weighted by atomic mass is 9.85. The van der Waals surface area contributed by atoms with Crippen molar-refractivity contribution in [2.45, 2.75) is 26.4 Å². The second-order valence-corrected chi connectivity index (χ2v) is 3.81. The summed E-state index contributed by atoms with van der Waals surface area (Å²) in [6.07, 6.45) is 0. The van der Waals surface area contributed by atoms with Crippen LogP contribution in [0, 0.1) is 11.7 Å². The van der Waals surface area contributed by atoms with Gasteiger partial charge in [0.15, 0.2) is 0 Å². The number of benzene rings is 1. The first kappa shape index (κ1) is 10.2. The minimum absolute atomic E-state index is 0.0642. The standard InChI is InChI=1S/C11H15FO/c1-8(2)11(3,13)9-5-4-6-10(12)7-9/h4-8,13H,1-3H3/t11-/m0/s1. The van der Waals surface area contributed by atoms with Gasteiger partial charge in [-0.3, -0.25) is 0 Å². The van der Waals surface area contributed by atoms with Crippen LogP contribution >= 0.6 is 0 Å². The highest BCUT2D eigenvalue weighted by molar-refractivity contribution is 5.22. The van der Waals surface area contributed by atoms with E-state index < -0.39 is 5.60 Å². The summed E-state index contributed by atoms with van der Waals surface area (Å²) in [6.45, 7) is 5.52. The highest BCUT2D eigenvalue weighted by atomic mass is 19.1. The summed E-state index contributed by atoms with van der Waals surface area (Å²) >= 11 is 0. The van der Waals surface area contributed by atoms with Crippen LogP contribution in [0.15, 0.2) is 24.3 Å². The van der Waals surface area contributed by atoms with Gasteiger partial charge in [0.05, 0.1) is 5.60 Å². The van der Waals surface area contributed by atoms with E-state index in [1.54, 1.807) is 19.1 Å². The van der Waals surface area contributed by atoms with Gasteiger partial charge in [-0.1, -0.05) is 26.0 Å². The molecule has 1 aromatic rings. The van der Waals surface area contributed by atoms with Crippen molar-refractivity contribution in [3.8, 4) is 0 Å². The SMILES string of the molecule is CC(C)[C@](C)(O)c1cccc(F)c1. The fraction of sp³-hybridized carbons (Fsp3) is 0.455. The highest BCUT2D eigenvalue weighted by Crippen LogP contribution is 2.28. The molecule has 1 rings (SSSR count). The molecule has 2 heteroatoms. The maximum Gasteiger partial charge on any atom is 0.123 e. The molecule has 0 saturated carbocycles. The molecule has 0 aliphatic carbocycles. The van der Waals surface area contributed by atoms with Crippen LogP contribution in [-0.2, 0) is 5.60 Å². The van der Waals surface area contributed by atoms with Gasteiger partial charge in [-0.15, -0.1) is 0 Å². The molecule has 0 spiro atoms. The predicted octanol–water partition coefficient (Wildman–Crippen LogP) is 2.69. The Labute approximate surface area is 78.2 Å². The third-order valence-corrected chi connectivity index (χ3v) is 2.53. The molecule has 0 fully saturated rings. The van der Waals surface area contributed by atoms with Crippen molar-refractivity contribution >= 4 is 0 Å². The Hall–Kier alpha value is -0.890. The van der Waals surface area contributed by atoms with Crippen molar-refractivity contribution < 1.29 is 9.50 Å². The molecular formula is C11H15FO. The summed E-state index contributed by atoms with van der Waals surface area (Å²) in [7, 11) is 0. The Kier molecular flexibility index (Phi) is 2.71. The van der Waals surface area contributed by atoms with Crippen LogP contribution in [-0.4, -0.2) is 5.11 Å². The third-order valence-electron chi connectivity index (χ3n) is 2.53. The zero-order valence-corrected chi connectivity index (χ0v) is 8.21. The quantitative estimate of drug-likeness (QED) is 0.745. The van der Waals surface area contributed by atoms with Crippen LogP contribution in [0.25, 0.3) is 0 Å². The molecule has 0 saturated heterocycles. The average Bonchev–Trinajstić information content (AvgIpc) is 2.04. The number of hydrogen-bond donors (Lipinski definition) is 1. The van der Waals surface area contributed by atoms with Gasteiger partial charge in [-0.05, 0) is 30.5 Å². The predicted molar refractivity (Wildman–Crippen MR) is 50.8 cm³/mol. The highest BCUT2D eigenvalue weighted by Gasteiger charge is 2.27. The molecule has 0 unspecified atom stereocenters. The molecule has 0 heterocycles. The van der Waals surface area contributed by atoms with Crippen LogP contribution < -0.4 is 0 Å². The summed E-state index contributed by atoms with van der Waals surface area (Å²) in [5.74, 6) is -0.243. The van der Waals surface area contributed by atoms with Gasteiger partial charge in [0.2, 0.25) is 0 Å².